The first-order valence-electron chi connectivity index (χ1n) is 7.07. The highest BCUT2D eigenvalue weighted by atomic mass is 16.4. The van der Waals surface area contributed by atoms with Gasteiger partial charge in [0.05, 0.1) is 0 Å². The summed E-state index contributed by atoms with van der Waals surface area (Å²) in [5.41, 5.74) is 3.61. The first-order chi connectivity index (χ1) is 10.2. The fourth-order valence-corrected chi connectivity index (χ4v) is 2.65. The standard InChI is InChI=1S/C16H17N3O2/c20-15(21)6-5-11-9-17-16(18-10-11)19-14-7-12-3-1-2-4-13(12)8-14/h1-4,9-10,14H,5-8H2,(H,20,21)(H,17,18,19). The van der Waals surface area contributed by atoms with Crippen LogP contribution in [0.5, 0.6) is 0 Å². The van der Waals surface area contributed by atoms with Crippen LogP contribution in [0, 0.1) is 0 Å². The zero-order chi connectivity index (χ0) is 14.7. The van der Waals surface area contributed by atoms with Gasteiger partial charge >= 0.3 is 5.97 Å². The molecule has 3 rings (SSSR count). The monoisotopic (exact) mass is 283 g/mol. The largest absolute Gasteiger partial charge is 0.481 e. The summed E-state index contributed by atoms with van der Waals surface area (Å²) in [5, 5.41) is 12.0. The second-order valence-electron chi connectivity index (χ2n) is 5.33. The molecule has 0 saturated carbocycles. The number of hydrogen-bond acceptors (Lipinski definition) is 4. The summed E-state index contributed by atoms with van der Waals surface area (Å²) in [6.07, 6.45) is 5.93. The molecule has 1 aromatic carbocycles. The Morgan fingerprint density at radius 3 is 2.38 bits per heavy atom. The number of nitrogens with zero attached hydrogens (tertiary/aromatic N) is 2. The van der Waals surface area contributed by atoms with Gasteiger partial charge in [-0.25, -0.2) is 9.97 Å². The van der Waals surface area contributed by atoms with E-state index in [4.69, 9.17) is 5.11 Å². The topological polar surface area (TPSA) is 75.1 Å². The highest BCUT2D eigenvalue weighted by Crippen LogP contribution is 2.23. The lowest BCUT2D eigenvalue weighted by molar-refractivity contribution is -0.136. The van der Waals surface area contributed by atoms with Gasteiger partial charge < -0.3 is 10.4 Å². The van der Waals surface area contributed by atoms with Crippen LogP contribution in [0.3, 0.4) is 0 Å². The van der Waals surface area contributed by atoms with E-state index < -0.39 is 5.97 Å². The van der Waals surface area contributed by atoms with Gasteiger partial charge in [-0.05, 0) is 36.0 Å². The highest BCUT2D eigenvalue weighted by molar-refractivity contribution is 5.67. The molecule has 0 aliphatic heterocycles. The summed E-state index contributed by atoms with van der Waals surface area (Å²) >= 11 is 0. The minimum Gasteiger partial charge on any atom is -0.481 e. The Kier molecular flexibility index (Phi) is 3.81. The van der Waals surface area contributed by atoms with Crippen LogP contribution in [0.15, 0.2) is 36.7 Å². The van der Waals surface area contributed by atoms with E-state index in [0.29, 0.717) is 18.4 Å². The van der Waals surface area contributed by atoms with Gasteiger partial charge in [-0.3, -0.25) is 4.79 Å². The van der Waals surface area contributed by atoms with E-state index in [1.165, 1.54) is 11.1 Å². The van der Waals surface area contributed by atoms with Gasteiger partial charge in [0, 0.05) is 24.9 Å². The second-order valence-corrected chi connectivity index (χ2v) is 5.33. The van der Waals surface area contributed by atoms with E-state index in [2.05, 4.69) is 39.6 Å². The Hall–Kier alpha value is -2.43. The molecule has 1 aliphatic carbocycles. The third-order valence-electron chi connectivity index (χ3n) is 3.72. The van der Waals surface area contributed by atoms with Crippen LogP contribution >= 0.6 is 0 Å². The average Bonchev–Trinajstić information content (AvgIpc) is 2.88. The van der Waals surface area contributed by atoms with Crippen molar-refractivity contribution in [3.8, 4) is 0 Å². The fraction of sp³-hybridized carbons (Fsp3) is 0.312. The van der Waals surface area contributed by atoms with Crippen LogP contribution in [-0.4, -0.2) is 27.1 Å². The summed E-state index contributed by atoms with van der Waals surface area (Å²) in [5.74, 6) is -0.201. The number of benzene rings is 1. The van der Waals surface area contributed by atoms with Crippen LogP contribution in [-0.2, 0) is 24.1 Å². The fourth-order valence-electron chi connectivity index (χ4n) is 2.65. The molecule has 21 heavy (non-hydrogen) atoms. The maximum absolute atomic E-state index is 10.5. The molecule has 1 heterocycles. The van der Waals surface area contributed by atoms with Crippen molar-refractivity contribution >= 4 is 11.9 Å². The predicted molar refractivity (Wildman–Crippen MR) is 79.2 cm³/mol. The molecule has 0 bridgehead atoms. The lowest BCUT2D eigenvalue weighted by Crippen LogP contribution is -2.21. The Morgan fingerprint density at radius 1 is 1.19 bits per heavy atom. The number of fused-ring (bicyclic) bond motifs is 1. The van der Waals surface area contributed by atoms with E-state index >= 15 is 0 Å². The number of hydrogen-bond donors (Lipinski definition) is 2. The molecule has 0 unspecified atom stereocenters. The molecule has 2 N–H and O–H groups in total. The number of carboxylic acids is 1. The van der Waals surface area contributed by atoms with E-state index in [1.807, 2.05) is 0 Å². The zero-order valence-corrected chi connectivity index (χ0v) is 11.6. The normalized spacial score (nSPS) is 13.9. The van der Waals surface area contributed by atoms with Crippen LogP contribution in [0.4, 0.5) is 5.95 Å². The number of carboxylic acid groups (broad SMARTS) is 1. The van der Waals surface area contributed by atoms with Crippen LogP contribution in [0.25, 0.3) is 0 Å². The maximum atomic E-state index is 10.5. The van der Waals surface area contributed by atoms with Crippen molar-refractivity contribution < 1.29 is 9.90 Å². The average molecular weight is 283 g/mol. The van der Waals surface area contributed by atoms with E-state index in [9.17, 15) is 4.79 Å². The SMILES string of the molecule is O=C(O)CCc1cnc(NC2Cc3ccccc3C2)nc1. The summed E-state index contributed by atoms with van der Waals surface area (Å²) in [6.45, 7) is 0. The first-order valence-corrected chi connectivity index (χ1v) is 7.07. The molecule has 1 aliphatic rings. The summed E-state index contributed by atoms with van der Waals surface area (Å²) in [6, 6.07) is 8.77. The Labute approximate surface area is 123 Å². The molecule has 0 spiro atoms. The third kappa shape index (κ3) is 3.37. The van der Waals surface area contributed by atoms with E-state index in [-0.39, 0.29) is 6.42 Å². The lowest BCUT2D eigenvalue weighted by Gasteiger charge is -2.11. The lowest BCUT2D eigenvalue weighted by atomic mass is 10.1. The number of carbonyl (C=O) groups is 1. The molecule has 5 heteroatoms. The van der Waals surface area contributed by atoms with Crippen molar-refractivity contribution in [1.82, 2.24) is 9.97 Å². The minimum atomic E-state index is -0.805. The van der Waals surface area contributed by atoms with Crippen molar-refractivity contribution in [3.05, 3.63) is 53.3 Å². The van der Waals surface area contributed by atoms with Gasteiger partial charge in [0.1, 0.15) is 0 Å². The molecule has 0 atom stereocenters. The van der Waals surface area contributed by atoms with Gasteiger partial charge in [0.15, 0.2) is 0 Å². The number of anilines is 1. The molecule has 2 aromatic rings. The molecular weight excluding hydrogens is 266 g/mol. The van der Waals surface area contributed by atoms with Gasteiger partial charge in [-0.15, -0.1) is 0 Å². The third-order valence-corrected chi connectivity index (χ3v) is 3.72. The summed E-state index contributed by atoms with van der Waals surface area (Å²) < 4.78 is 0. The second kappa shape index (κ2) is 5.91. The highest BCUT2D eigenvalue weighted by Gasteiger charge is 2.21. The molecular formula is C16H17N3O2. The summed E-state index contributed by atoms with van der Waals surface area (Å²) in [4.78, 5) is 19.1. The Morgan fingerprint density at radius 2 is 1.81 bits per heavy atom. The summed E-state index contributed by atoms with van der Waals surface area (Å²) in [7, 11) is 0. The quantitative estimate of drug-likeness (QED) is 0.878. The van der Waals surface area contributed by atoms with Crippen LogP contribution in [0.1, 0.15) is 23.1 Å². The van der Waals surface area contributed by atoms with Gasteiger partial charge in [-0.2, -0.15) is 0 Å². The molecule has 1 aromatic heterocycles. The van der Waals surface area contributed by atoms with Crippen LogP contribution in [0.2, 0.25) is 0 Å². The van der Waals surface area contributed by atoms with E-state index in [0.717, 1.165) is 18.4 Å². The Bertz CT molecular complexity index is 615. The first kappa shape index (κ1) is 13.5. The van der Waals surface area contributed by atoms with Crippen molar-refractivity contribution in [2.24, 2.45) is 0 Å². The molecule has 0 fully saturated rings. The van der Waals surface area contributed by atoms with Crippen molar-refractivity contribution in [2.45, 2.75) is 31.7 Å². The predicted octanol–water partition coefficient (Wildman–Crippen LogP) is 2.07. The Balaban J connectivity index is 1.58. The number of aryl methyl sites for hydroxylation is 1. The number of aromatic nitrogens is 2. The number of nitrogens with one attached hydrogen (secondary N) is 1. The zero-order valence-electron chi connectivity index (χ0n) is 11.6. The van der Waals surface area contributed by atoms with Gasteiger partial charge in [0.2, 0.25) is 5.95 Å². The van der Waals surface area contributed by atoms with Crippen molar-refractivity contribution in [3.63, 3.8) is 0 Å². The minimum absolute atomic E-state index is 0.105. The van der Waals surface area contributed by atoms with Crippen LogP contribution < -0.4 is 5.32 Å². The van der Waals surface area contributed by atoms with Crippen molar-refractivity contribution in [2.75, 3.05) is 5.32 Å². The molecule has 0 radical (unpaired) electrons. The van der Waals surface area contributed by atoms with Crippen molar-refractivity contribution in [1.29, 1.82) is 0 Å². The van der Waals surface area contributed by atoms with Gasteiger partial charge in [-0.1, -0.05) is 24.3 Å². The maximum Gasteiger partial charge on any atom is 0.303 e. The molecule has 0 saturated heterocycles. The smallest absolute Gasteiger partial charge is 0.303 e. The van der Waals surface area contributed by atoms with Gasteiger partial charge in [0.25, 0.3) is 0 Å². The number of aliphatic carboxylic acids is 1. The van der Waals surface area contributed by atoms with E-state index in [1.54, 1.807) is 12.4 Å². The molecule has 5 nitrogen and oxygen atoms in total. The molecule has 0 amide bonds. The molecule has 108 valence electrons. The number of rotatable bonds is 5.